The Kier molecular flexibility index (Phi) is 2.13. The first kappa shape index (κ1) is 10.8. The smallest absolute Gasteiger partial charge is 0.307 e. The number of benzene rings is 1. The number of aryl methyl sites for hydroxylation is 1. The van der Waals surface area contributed by atoms with E-state index < -0.39 is 5.97 Å². The Balaban J connectivity index is 2.10. The van der Waals surface area contributed by atoms with E-state index >= 15 is 0 Å². The molecule has 3 atom stereocenters. The molecule has 0 aromatic heterocycles. The lowest BCUT2D eigenvalue weighted by Gasteiger charge is -2.46. The number of carboxylic acid groups (broad SMARTS) is 1. The quantitative estimate of drug-likeness (QED) is 0.847. The summed E-state index contributed by atoms with van der Waals surface area (Å²) in [6.45, 7) is 4.24. The Morgan fingerprint density at radius 1 is 1.41 bits per heavy atom. The number of hydrogen-bond acceptors (Lipinski definition) is 1. The average Bonchev–Trinajstić information content (AvgIpc) is 2.80. The molecule has 1 aromatic rings. The van der Waals surface area contributed by atoms with E-state index in [1.807, 2.05) is 0 Å². The van der Waals surface area contributed by atoms with Crippen LogP contribution in [0.25, 0.3) is 0 Å². The van der Waals surface area contributed by atoms with Gasteiger partial charge < -0.3 is 5.11 Å². The van der Waals surface area contributed by atoms with Crippen molar-refractivity contribution >= 4 is 5.97 Å². The minimum Gasteiger partial charge on any atom is -0.481 e. The van der Waals surface area contributed by atoms with Gasteiger partial charge in [-0.1, -0.05) is 18.2 Å². The summed E-state index contributed by atoms with van der Waals surface area (Å²) in [7, 11) is 0. The standard InChI is InChI=1S/C15H18O2/c1-9-4-3-5-12(10(9)2)15-7-6-11(8-15)13(15)14(16)17/h3-5,11,13H,6-8H2,1-2H3,(H,16,17). The van der Waals surface area contributed by atoms with Crippen LogP contribution in [0.5, 0.6) is 0 Å². The van der Waals surface area contributed by atoms with Gasteiger partial charge in [-0.3, -0.25) is 4.79 Å². The van der Waals surface area contributed by atoms with Crippen molar-refractivity contribution in [2.45, 2.75) is 38.5 Å². The van der Waals surface area contributed by atoms with Crippen LogP contribution in [0.15, 0.2) is 18.2 Å². The molecule has 4 rings (SSSR count). The molecule has 0 amide bonds. The van der Waals surface area contributed by atoms with Gasteiger partial charge >= 0.3 is 5.97 Å². The van der Waals surface area contributed by atoms with Gasteiger partial charge in [-0.15, -0.1) is 0 Å². The number of carboxylic acids is 1. The Hall–Kier alpha value is -1.31. The molecule has 1 N–H and O–H groups in total. The summed E-state index contributed by atoms with van der Waals surface area (Å²) in [5, 5.41) is 9.40. The van der Waals surface area contributed by atoms with Crippen LogP contribution in [0.1, 0.15) is 36.0 Å². The summed E-state index contributed by atoms with van der Waals surface area (Å²) in [6.07, 6.45) is 3.22. The van der Waals surface area contributed by atoms with E-state index in [2.05, 4.69) is 32.0 Å². The zero-order valence-corrected chi connectivity index (χ0v) is 10.4. The van der Waals surface area contributed by atoms with Gasteiger partial charge in [0.2, 0.25) is 0 Å². The normalized spacial score (nSPS) is 34.5. The highest BCUT2D eigenvalue weighted by molar-refractivity contribution is 5.76. The SMILES string of the molecule is Cc1cccc(C23CCC(C2)C3C(=O)O)c1C. The van der Waals surface area contributed by atoms with Crippen LogP contribution < -0.4 is 0 Å². The van der Waals surface area contributed by atoms with Crippen LogP contribution in [-0.4, -0.2) is 11.1 Å². The number of carbonyl (C=O) groups is 1. The zero-order valence-electron chi connectivity index (χ0n) is 10.4. The molecule has 3 fully saturated rings. The van der Waals surface area contributed by atoms with Crippen molar-refractivity contribution in [3.05, 3.63) is 34.9 Å². The van der Waals surface area contributed by atoms with Crippen LogP contribution >= 0.6 is 0 Å². The third-order valence-electron chi connectivity index (χ3n) is 5.06. The molecule has 3 unspecified atom stereocenters. The minimum atomic E-state index is -0.598. The number of aliphatic carboxylic acids is 1. The number of rotatable bonds is 2. The van der Waals surface area contributed by atoms with Gasteiger partial charge in [0.1, 0.15) is 0 Å². The van der Waals surface area contributed by atoms with Crippen molar-refractivity contribution in [3.63, 3.8) is 0 Å². The predicted octanol–water partition coefficient (Wildman–Crippen LogP) is 3.06. The van der Waals surface area contributed by atoms with E-state index in [1.165, 1.54) is 16.7 Å². The average molecular weight is 230 g/mol. The van der Waals surface area contributed by atoms with Crippen molar-refractivity contribution in [1.82, 2.24) is 0 Å². The van der Waals surface area contributed by atoms with E-state index in [1.54, 1.807) is 0 Å². The molecule has 2 nitrogen and oxygen atoms in total. The molecular formula is C15H18O2. The van der Waals surface area contributed by atoms with Gasteiger partial charge in [0, 0.05) is 5.41 Å². The molecule has 90 valence electrons. The summed E-state index contributed by atoms with van der Waals surface area (Å²) in [6, 6.07) is 6.31. The van der Waals surface area contributed by atoms with Crippen LogP contribution in [0.4, 0.5) is 0 Å². The molecule has 0 spiro atoms. The van der Waals surface area contributed by atoms with Crippen molar-refractivity contribution in [2.24, 2.45) is 11.8 Å². The van der Waals surface area contributed by atoms with E-state index in [0.29, 0.717) is 5.92 Å². The fourth-order valence-electron chi connectivity index (χ4n) is 4.11. The first-order valence-corrected chi connectivity index (χ1v) is 6.36. The lowest BCUT2D eigenvalue weighted by atomic mass is 9.56. The van der Waals surface area contributed by atoms with E-state index in [9.17, 15) is 9.90 Å². The Morgan fingerprint density at radius 3 is 2.82 bits per heavy atom. The molecule has 2 heteroatoms. The van der Waals surface area contributed by atoms with Crippen LogP contribution in [0, 0.1) is 25.7 Å². The number of hydrogen-bond donors (Lipinski definition) is 1. The molecule has 3 aliphatic rings. The second-order valence-corrected chi connectivity index (χ2v) is 5.72. The van der Waals surface area contributed by atoms with E-state index in [0.717, 1.165) is 19.3 Å². The molecule has 3 aliphatic carbocycles. The fraction of sp³-hybridized carbons (Fsp3) is 0.533. The van der Waals surface area contributed by atoms with E-state index in [-0.39, 0.29) is 11.3 Å². The largest absolute Gasteiger partial charge is 0.481 e. The van der Waals surface area contributed by atoms with Crippen molar-refractivity contribution in [2.75, 3.05) is 0 Å². The maximum atomic E-state index is 11.4. The van der Waals surface area contributed by atoms with Crippen LogP contribution in [0.2, 0.25) is 0 Å². The first-order valence-electron chi connectivity index (χ1n) is 6.36. The van der Waals surface area contributed by atoms with E-state index in [4.69, 9.17) is 0 Å². The van der Waals surface area contributed by atoms with Gasteiger partial charge in [0.05, 0.1) is 5.92 Å². The summed E-state index contributed by atoms with van der Waals surface area (Å²) >= 11 is 0. The molecule has 3 saturated carbocycles. The molecule has 0 aliphatic heterocycles. The molecule has 1 aromatic carbocycles. The monoisotopic (exact) mass is 230 g/mol. The lowest BCUT2D eigenvalue weighted by Crippen LogP contribution is -2.48. The summed E-state index contributed by atoms with van der Waals surface area (Å²) in [5.74, 6) is -0.310. The lowest BCUT2D eigenvalue weighted by molar-refractivity contribution is -0.150. The molecule has 0 radical (unpaired) electrons. The Labute approximate surface area is 102 Å². The Bertz CT molecular complexity index is 488. The highest BCUT2D eigenvalue weighted by Gasteiger charge is 2.63. The minimum absolute atomic E-state index is 0.0490. The maximum absolute atomic E-state index is 11.4. The second-order valence-electron chi connectivity index (χ2n) is 5.72. The summed E-state index contributed by atoms with van der Waals surface area (Å²) < 4.78 is 0. The third kappa shape index (κ3) is 1.24. The highest BCUT2D eigenvalue weighted by atomic mass is 16.4. The Morgan fingerprint density at radius 2 is 2.18 bits per heavy atom. The van der Waals surface area contributed by atoms with Crippen LogP contribution in [-0.2, 0) is 10.2 Å². The zero-order chi connectivity index (χ0) is 12.2. The number of fused-ring (bicyclic) bond motifs is 1. The molecule has 2 bridgehead atoms. The predicted molar refractivity (Wildman–Crippen MR) is 66.1 cm³/mol. The van der Waals surface area contributed by atoms with Gasteiger partial charge in [0.25, 0.3) is 0 Å². The molecule has 0 heterocycles. The second kappa shape index (κ2) is 3.34. The molecular weight excluding hydrogens is 212 g/mol. The van der Waals surface area contributed by atoms with Crippen molar-refractivity contribution in [1.29, 1.82) is 0 Å². The van der Waals surface area contributed by atoms with Gasteiger partial charge in [0.15, 0.2) is 0 Å². The third-order valence-corrected chi connectivity index (χ3v) is 5.06. The van der Waals surface area contributed by atoms with Gasteiger partial charge in [-0.05, 0) is 55.7 Å². The highest BCUT2D eigenvalue weighted by Crippen LogP contribution is 2.64. The molecule has 17 heavy (non-hydrogen) atoms. The molecule has 0 saturated heterocycles. The van der Waals surface area contributed by atoms with Gasteiger partial charge in [-0.2, -0.15) is 0 Å². The summed E-state index contributed by atoms with van der Waals surface area (Å²) in [5.41, 5.74) is 3.81. The van der Waals surface area contributed by atoms with Crippen LogP contribution in [0.3, 0.4) is 0 Å². The summed E-state index contributed by atoms with van der Waals surface area (Å²) in [4.78, 5) is 11.4. The van der Waals surface area contributed by atoms with Crippen molar-refractivity contribution < 1.29 is 9.90 Å². The van der Waals surface area contributed by atoms with Gasteiger partial charge in [-0.25, -0.2) is 0 Å². The topological polar surface area (TPSA) is 37.3 Å². The van der Waals surface area contributed by atoms with Crippen molar-refractivity contribution in [3.8, 4) is 0 Å². The maximum Gasteiger partial charge on any atom is 0.307 e. The first-order chi connectivity index (χ1) is 8.06. The fourth-order valence-corrected chi connectivity index (χ4v) is 4.11.